The van der Waals surface area contributed by atoms with Gasteiger partial charge in [-0.15, -0.1) is 0 Å². The number of likely N-dealkylation sites (tertiary alicyclic amines) is 1. The van der Waals surface area contributed by atoms with Gasteiger partial charge in [0.25, 0.3) is 0 Å². The predicted molar refractivity (Wildman–Crippen MR) is 74.2 cm³/mol. The van der Waals surface area contributed by atoms with Crippen LogP contribution in [0.1, 0.15) is 53.9 Å². The van der Waals surface area contributed by atoms with E-state index < -0.39 is 0 Å². The Labute approximate surface area is 112 Å². The van der Waals surface area contributed by atoms with Crippen molar-refractivity contribution in [3.8, 4) is 0 Å². The lowest BCUT2D eigenvalue weighted by atomic mass is 9.84. The molecule has 1 N–H and O–H groups in total. The monoisotopic (exact) mass is 255 g/mol. The fourth-order valence-electron chi connectivity index (χ4n) is 2.95. The number of carbonyl (C=O) groups excluding carboxylic acids is 1. The van der Waals surface area contributed by atoms with Gasteiger partial charge in [-0.05, 0) is 31.1 Å². The molecule has 0 radical (unpaired) electrons. The summed E-state index contributed by atoms with van der Waals surface area (Å²) in [6.07, 6.45) is 2.36. The Balaban J connectivity index is 2.38. The van der Waals surface area contributed by atoms with Crippen LogP contribution in [0.25, 0.3) is 0 Å². The fraction of sp³-hybridized carbons (Fsp3) is 0.933. The van der Waals surface area contributed by atoms with Crippen LogP contribution < -0.4 is 0 Å². The summed E-state index contributed by atoms with van der Waals surface area (Å²) in [4.78, 5) is 14.1. The van der Waals surface area contributed by atoms with Crippen molar-refractivity contribution in [2.45, 2.75) is 60.0 Å². The molecule has 0 bridgehead atoms. The summed E-state index contributed by atoms with van der Waals surface area (Å²) >= 11 is 0. The molecule has 1 saturated heterocycles. The van der Waals surface area contributed by atoms with Crippen molar-refractivity contribution in [1.29, 1.82) is 0 Å². The minimum atomic E-state index is -0.296. The molecule has 1 heterocycles. The molecule has 0 aromatic carbocycles. The van der Waals surface area contributed by atoms with E-state index in [1.54, 1.807) is 0 Å². The Morgan fingerprint density at radius 2 is 2.00 bits per heavy atom. The lowest BCUT2D eigenvalue weighted by molar-refractivity contribution is -0.131. The van der Waals surface area contributed by atoms with Crippen LogP contribution in [0.2, 0.25) is 0 Å². The zero-order valence-electron chi connectivity index (χ0n) is 12.6. The van der Waals surface area contributed by atoms with Crippen molar-refractivity contribution >= 4 is 5.91 Å². The molecule has 106 valence electrons. The van der Waals surface area contributed by atoms with Crippen LogP contribution in [0.15, 0.2) is 0 Å². The minimum absolute atomic E-state index is 0.259. The third-order valence-electron chi connectivity index (χ3n) is 3.74. The van der Waals surface area contributed by atoms with Gasteiger partial charge in [0, 0.05) is 25.4 Å². The number of hydrogen-bond acceptors (Lipinski definition) is 2. The van der Waals surface area contributed by atoms with E-state index in [1.807, 2.05) is 11.8 Å². The standard InChI is InChI=1S/C15H29NO2/c1-11(9-15(3,4)5)8-14(18)16-7-6-13(10-16)12(2)17/h11-13,17H,6-10H2,1-5H3. The van der Waals surface area contributed by atoms with E-state index in [-0.39, 0.29) is 23.3 Å². The lowest BCUT2D eigenvalue weighted by Crippen LogP contribution is -2.31. The van der Waals surface area contributed by atoms with E-state index in [9.17, 15) is 9.90 Å². The van der Waals surface area contributed by atoms with Gasteiger partial charge in [0.1, 0.15) is 0 Å². The highest BCUT2D eigenvalue weighted by atomic mass is 16.3. The number of aliphatic hydroxyl groups is 1. The number of aliphatic hydroxyl groups excluding tert-OH is 1. The summed E-state index contributed by atoms with van der Waals surface area (Å²) in [6.45, 7) is 12.2. The van der Waals surface area contributed by atoms with Crippen molar-refractivity contribution in [2.24, 2.45) is 17.3 Å². The molecule has 3 atom stereocenters. The first kappa shape index (κ1) is 15.5. The minimum Gasteiger partial charge on any atom is -0.393 e. The van der Waals surface area contributed by atoms with Crippen LogP contribution in [0.3, 0.4) is 0 Å². The van der Waals surface area contributed by atoms with Gasteiger partial charge < -0.3 is 10.0 Å². The van der Waals surface area contributed by atoms with Crippen LogP contribution in [0.5, 0.6) is 0 Å². The van der Waals surface area contributed by atoms with Gasteiger partial charge in [-0.2, -0.15) is 0 Å². The Morgan fingerprint density at radius 1 is 1.39 bits per heavy atom. The fourth-order valence-corrected chi connectivity index (χ4v) is 2.95. The molecule has 1 amide bonds. The van der Waals surface area contributed by atoms with Gasteiger partial charge in [-0.25, -0.2) is 0 Å². The molecule has 1 fully saturated rings. The highest BCUT2D eigenvalue weighted by Gasteiger charge is 2.29. The zero-order chi connectivity index (χ0) is 13.9. The molecule has 0 spiro atoms. The Bertz CT molecular complexity index is 281. The highest BCUT2D eigenvalue weighted by molar-refractivity contribution is 5.76. The second-order valence-electron chi connectivity index (χ2n) is 7.20. The first-order valence-corrected chi connectivity index (χ1v) is 7.15. The molecule has 0 saturated carbocycles. The molecule has 18 heavy (non-hydrogen) atoms. The molecule has 3 nitrogen and oxygen atoms in total. The van der Waals surface area contributed by atoms with Crippen LogP contribution in [-0.4, -0.2) is 35.1 Å². The number of carbonyl (C=O) groups is 1. The molecule has 0 aromatic heterocycles. The maximum atomic E-state index is 12.2. The van der Waals surface area contributed by atoms with Gasteiger partial charge >= 0.3 is 0 Å². The van der Waals surface area contributed by atoms with Gasteiger partial charge in [0.15, 0.2) is 0 Å². The highest BCUT2D eigenvalue weighted by Crippen LogP contribution is 2.27. The van der Waals surface area contributed by atoms with E-state index >= 15 is 0 Å². The van der Waals surface area contributed by atoms with Crippen LogP contribution in [0, 0.1) is 17.3 Å². The molecule has 1 aliphatic rings. The van der Waals surface area contributed by atoms with E-state index in [0.717, 1.165) is 25.9 Å². The quantitative estimate of drug-likeness (QED) is 0.839. The van der Waals surface area contributed by atoms with Crippen molar-refractivity contribution < 1.29 is 9.90 Å². The van der Waals surface area contributed by atoms with Crippen molar-refractivity contribution in [2.75, 3.05) is 13.1 Å². The maximum absolute atomic E-state index is 12.2. The third kappa shape index (κ3) is 4.97. The zero-order valence-corrected chi connectivity index (χ0v) is 12.6. The normalized spacial score (nSPS) is 24.1. The number of rotatable bonds is 4. The van der Waals surface area contributed by atoms with E-state index in [2.05, 4.69) is 27.7 Å². The summed E-state index contributed by atoms with van der Waals surface area (Å²) in [6, 6.07) is 0. The van der Waals surface area contributed by atoms with Gasteiger partial charge in [0.05, 0.1) is 6.10 Å². The molecule has 3 heteroatoms. The topological polar surface area (TPSA) is 40.5 Å². The Morgan fingerprint density at radius 3 is 2.44 bits per heavy atom. The van der Waals surface area contributed by atoms with Crippen molar-refractivity contribution in [3.63, 3.8) is 0 Å². The van der Waals surface area contributed by atoms with Gasteiger partial charge in [0.2, 0.25) is 5.91 Å². The second-order valence-corrected chi connectivity index (χ2v) is 7.20. The summed E-state index contributed by atoms with van der Waals surface area (Å²) in [7, 11) is 0. The van der Waals surface area contributed by atoms with E-state index in [0.29, 0.717) is 12.3 Å². The molecular formula is C15H29NO2. The summed E-state index contributed by atoms with van der Waals surface area (Å²) in [5.41, 5.74) is 0.285. The van der Waals surface area contributed by atoms with E-state index in [4.69, 9.17) is 0 Å². The van der Waals surface area contributed by atoms with Crippen LogP contribution in [0.4, 0.5) is 0 Å². The Hall–Kier alpha value is -0.570. The molecular weight excluding hydrogens is 226 g/mol. The summed E-state index contributed by atoms with van der Waals surface area (Å²) in [5.74, 6) is 0.963. The lowest BCUT2D eigenvalue weighted by Gasteiger charge is -2.25. The number of amides is 1. The first-order chi connectivity index (χ1) is 8.19. The molecule has 1 rings (SSSR count). The number of hydrogen-bond donors (Lipinski definition) is 1. The summed E-state index contributed by atoms with van der Waals surface area (Å²) < 4.78 is 0. The van der Waals surface area contributed by atoms with Crippen LogP contribution in [-0.2, 0) is 4.79 Å². The van der Waals surface area contributed by atoms with E-state index in [1.165, 1.54) is 0 Å². The van der Waals surface area contributed by atoms with Gasteiger partial charge in [-0.1, -0.05) is 27.7 Å². The van der Waals surface area contributed by atoms with Crippen molar-refractivity contribution in [1.82, 2.24) is 4.90 Å². The molecule has 0 aromatic rings. The maximum Gasteiger partial charge on any atom is 0.222 e. The molecule has 3 unspecified atom stereocenters. The average molecular weight is 255 g/mol. The van der Waals surface area contributed by atoms with Crippen molar-refractivity contribution in [3.05, 3.63) is 0 Å². The second kappa shape index (κ2) is 6.05. The number of nitrogens with zero attached hydrogens (tertiary/aromatic N) is 1. The predicted octanol–water partition coefficient (Wildman–Crippen LogP) is 2.68. The average Bonchev–Trinajstić information content (AvgIpc) is 2.62. The van der Waals surface area contributed by atoms with Gasteiger partial charge in [-0.3, -0.25) is 4.79 Å². The largest absolute Gasteiger partial charge is 0.393 e. The molecule has 1 aliphatic heterocycles. The summed E-state index contributed by atoms with van der Waals surface area (Å²) in [5, 5.41) is 9.55. The Kier molecular flexibility index (Phi) is 5.20. The smallest absolute Gasteiger partial charge is 0.222 e. The molecule has 0 aliphatic carbocycles. The first-order valence-electron chi connectivity index (χ1n) is 7.15. The SMILES string of the molecule is CC(CC(=O)N1CCC(C(C)O)C1)CC(C)(C)C. The third-order valence-corrected chi connectivity index (χ3v) is 3.74. The van der Waals surface area contributed by atoms with Crippen LogP contribution >= 0.6 is 0 Å².